The third-order valence-corrected chi connectivity index (χ3v) is 3.19. The van der Waals surface area contributed by atoms with Crippen LogP contribution in [0.2, 0.25) is 0 Å². The molecule has 0 amide bonds. The zero-order chi connectivity index (χ0) is 13.1. The van der Waals surface area contributed by atoms with Crippen LogP contribution in [0, 0.1) is 20.8 Å². The molecule has 0 bridgehead atoms. The first-order valence-corrected chi connectivity index (χ1v) is 6.31. The molecule has 0 saturated carbocycles. The molecule has 0 unspecified atom stereocenters. The van der Waals surface area contributed by atoms with Gasteiger partial charge in [0.25, 0.3) is 0 Å². The third-order valence-electron chi connectivity index (χ3n) is 3.19. The van der Waals surface area contributed by atoms with E-state index in [1.807, 2.05) is 29.9 Å². The van der Waals surface area contributed by atoms with Crippen molar-refractivity contribution in [1.82, 2.24) is 14.8 Å². The lowest BCUT2D eigenvalue weighted by Gasteiger charge is -2.05. The van der Waals surface area contributed by atoms with Crippen molar-refractivity contribution in [3.63, 3.8) is 0 Å². The van der Waals surface area contributed by atoms with Crippen LogP contribution in [0.1, 0.15) is 28.9 Å². The van der Waals surface area contributed by atoms with Gasteiger partial charge in [0.1, 0.15) is 0 Å². The van der Waals surface area contributed by atoms with Crippen molar-refractivity contribution < 1.29 is 0 Å². The average Bonchev–Trinajstić information content (AvgIpc) is 2.63. The second-order valence-corrected chi connectivity index (χ2v) is 4.64. The summed E-state index contributed by atoms with van der Waals surface area (Å²) in [5.41, 5.74) is 10.3. The number of hydrogen-bond donors (Lipinski definition) is 1. The molecule has 2 aromatic heterocycles. The predicted octanol–water partition coefficient (Wildman–Crippen LogP) is 2.08. The van der Waals surface area contributed by atoms with Crippen LogP contribution >= 0.6 is 0 Å². The molecule has 0 aromatic carbocycles. The zero-order valence-electron chi connectivity index (χ0n) is 11.3. The molecule has 0 aliphatic heterocycles. The molecular weight excluding hydrogens is 224 g/mol. The normalized spacial score (nSPS) is 10.9. The van der Waals surface area contributed by atoms with E-state index in [0.717, 1.165) is 24.4 Å². The Kier molecular flexibility index (Phi) is 3.77. The summed E-state index contributed by atoms with van der Waals surface area (Å²) >= 11 is 0. The second-order valence-electron chi connectivity index (χ2n) is 4.64. The van der Waals surface area contributed by atoms with E-state index in [9.17, 15) is 0 Å². The summed E-state index contributed by atoms with van der Waals surface area (Å²) in [5, 5.41) is 4.59. The molecule has 2 heterocycles. The van der Waals surface area contributed by atoms with E-state index in [1.54, 1.807) is 0 Å². The number of nitrogens with two attached hydrogens (primary N) is 1. The molecule has 0 spiro atoms. The Morgan fingerprint density at radius 2 is 2.06 bits per heavy atom. The largest absolute Gasteiger partial charge is 0.330 e. The van der Waals surface area contributed by atoms with Crippen molar-refractivity contribution in [1.29, 1.82) is 0 Å². The SMILES string of the molecule is Cc1ccnc(-n2nc(C)c(CCCN)c2C)c1. The first-order valence-electron chi connectivity index (χ1n) is 6.31. The van der Waals surface area contributed by atoms with Crippen molar-refractivity contribution in [2.75, 3.05) is 6.54 Å². The van der Waals surface area contributed by atoms with E-state index in [2.05, 4.69) is 23.9 Å². The van der Waals surface area contributed by atoms with E-state index in [0.29, 0.717) is 6.54 Å². The van der Waals surface area contributed by atoms with Crippen LogP contribution in [0.25, 0.3) is 5.82 Å². The Balaban J connectivity index is 2.40. The minimum atomic E-state index is 0.715. The fraction of sp³-hybridized carbons (Fsp3) is 0.429. The zero-order valence-corrected chi connectivity index (χ0v) is 11.3. The van der Waals surface area contributed by atoms with E-state index >= 15 is 0 Å². The van der Waals surface area contributed by atoms with Gasteiger partial charge < -0.3 is 5.73 Å². The molecule has 0 radical (unpaired) electrons. The number of hydrogen-bond acceptors (Lipinski definition) is 3. The van der Waals surface area contributed by atoms with Crippen molar-refractivity contribution in [2.24, 2.45) is 5.73 Å². The lowest BCUT2D eigenvalue weighted by atomic mass is 10.1. The van der Waals surface area contributed by atoms with Crippen LogP contribution in [0.15, 0.2) is 18.3 Å². The number of aryl methyl sites for hydroxylation is 2. The predicted molar refractivity (Wildman–Crippen MR) is 72.9 cm³/mol. The molecule has 4 nitrogen and oxygen atoms in total. The van der Waals surface area contributed by atoms with Gasteiger partial charge in [0.15, 0.2) is 5.82 Å². The minimum absolute atomic E-state index is 0.715. The Morgan fingerprint density at radius 3 is 2.72 bits per heavy atom. The summed E-state index contributed by atoms with van der Waals surface area (Å²) in [6, 6.07) is 4.04. The van der Waals surface area contributed by atoms with E-state index in [1.165, 1.54) is 16.8 Å². The quantitative estimate of drug-likeness (QED) is 0.896. The van der Waals surface area contributed by atoms with Gasteiger partial charge in [0.05, 0.1) is 5.69 Å². The summed E-state index contributed by atoms with van der Waals surface area (Å²) in [6.45, 7) is 6.92. The molecule has 4 heteroatoms. The number of aromatic nitrogens is 3. The van der Waals surface area contributed by atoms with E-state index in [-0.39, 0.29) is 0 Å². The summed E-state index contributed by atoms with van der Waals surface area (Å²) < 4.78 is 1.92. The fourth-order valence-electron chi connectivity index (χ4n) is 2.17. The van der Waals surface area contributed by atoms with Crippen molar-refractivity contribution in [2.45, 2.75) is 33.6 Å². The Hall–Kier alpha value is -1.68. The van der Waals surface area contributed by atoms with Crippen LogP contribution in [0.3, 0.4) is 0 Å². The van der Waals surface area contributed by atoms with Gasteiger partial charge in [0.2, 0.25) is 0 Å². The maximum absolute atomic E-state index is 5.57. The molecule has 0 aliphatic rings. The van der Waals surface area contributed by atoms with Gasteiger partial charge in [-0.05, 0) is 63.4 Å². The van der Waals surface area contributed by atoms with Gasteiger partial charge in [-0.15, -0.1) is 0 Å². The molecule has 18 heavy (non-hydrogen) atoms. The summed E-state index contributed by atoms with van der Waals surface area (Å²) in [7, 11) is 0. The van der Waals surface area contributed by atoms with Crippen LogP contribution in [-0.4, -0.2) is 21.3 Å². The van der Waals surface area contributed by atoms with Gasteiger partial charge in [-0.1, -0.05) is 0 Å². The summed E-state index contributed by atoms with van der Waals surface area (Å²) in [6.07, 6.45) is 3.80. The molecular formula is C14H20N4. The van der Waals surface area contributed by atoms with Gasteiger partial charge in [-0.2, -0.15) is 5.10 Å². The van der Waals surface area contributed by atoms with Gasteiger partial charge in [-0.25, -0.2) is 9.67 Å². The average molecular weight is 244 g/mol. The molecule has 96 valence electrons. The van der Waals surface area contributed by atoms with Gasteiger partial charge in [0, 0.05) is 11.9 Å². The lowest BCUT2D eigenvalue weighted by molar-refractivity contribution is 0.798. The standard InChI is InChI=1S/C14H20N4/c1-10-6-8-16-14(9-10)18-12(3)13(5-4-7-15)11(2)17-18/h6,8-9H,4-5,7,15H2,1-3H3. The molecule has 0 aliphatic carbocycles. The van der Waals surface area contributed by atoms with Gasteiger partial charge >= 0.3 is 0 Å². The van der Waals surface area contributed by atoms with Crippen LogP contribution in [-0.2, 0) is 6.42 Å². The van der Waals surface area contributed by atoms with Crippen LogP contribution < -0.4 is 5.73 Å². The molecule has 0 atom stereocenters. The minimum Gasteiger partial charge on any atom is -0.330 e. The summed E-state index contributed by atoms with van der Waals surface area (Å²) in [4.78, 5) is 4.38. The van der Waals surface area contributed by atoms with Crippen molar-refractivity contribution in [3.05, 3.63) is 40.8 Å². The number of pyridine rings is 1. The molecule has 2 rings (SSSR count). The highest BCUT2D eigenvalue weighted by Crippen LogP contribution is 2.18. The van der Waals surface area contributed by atoms with Gasteiger partial charge in [-0.3, -0.25) is 0 Å². The Labute approximate surface area is 108 Å². The molecule has 2 aromatic rings. The molecule has 2 N–H and O–H groups in total. The fourth-order valence-corrected chi connectivity index (χ4v) is 2.17. The highest BCUT2D eigenvalue weighted by Gasteiger charge is 2.12. The first kappa shape index (κ1) is 12.8. The smallest absolute Gasteiger partial charge is 0.153 e. The van der Waals surface area contributed by atoms with Crippen molar-refractivity contribution >= 4 is 0 Å². The number of rotatable bonds is 4. The van der Waals surface area contributed by atoms with E-state index < -0.39 is 0 Å². The van der Waals surface area contributed by atoms with Crippen molar-refractivity contribution in [3.8, 4) is 5.82 Å². The molecule has 0 fully saturated rings. The third kappa shape index (κ3) is 2.43. The monoisotopic (exact) mass is 244 g/mol. The van der Waals surface area contributed by atoms with Crippen LogP contribution in [0.5, 0.6) is 0 Å². The highest BCUT2D eigenvalue weighted by molar-refractivity contribution is 5.34. The summed E-state index contributed by atoms with van der Waals surface area (Å²) in [5.74, 6) is 0.884. The topological polar surface area (TPSA) is 56.7 Å². The maximum atomic E-state index is 5.57. The Bertz CT molecular complexity index is 543. The Morgan fingerprint density at radius 1 is 1.28 bits per heavy atom. The second kappa shape index (κ2) is 5.31. The lowest BCUT2D eigenvalue weighted by Crippen LogP contribution is -2.04. The molecule has 0 saturated heterocycles. The highest BCUT2D eigenvalue weighted by atomic mass is 15.3. The van der Waals surface area contributed by atoms with E-state index in [4.69, 9.17) is 5.73 Å². The number of nitrogens with zero attached hydrogens (tertiary/aromatic N) is 3. The van der Waals surface area contributed by atoms with Crippen LogP contribution in [0.4, 0.5) is 0 Å². The first-order chi connectivity index (χ1) is 8.63. The maximum Gasteiger partial charge on any atom is 0.153 e.